The summed E-state index contributed by atoms with van der Waals surface area (Å²) in [5.74, 6) is -0.659. The van der Waals surface area contributed by atoms with Crippen molar-refractivity contribution in [2.75, 3.05) is 6.61 Å². The van der Waals surface area contributed by atoms with Gasteiger partial charge in [-0.1, -0.05) is 24.3 Å². The predicted octanol–water partition coefficient (Wildman–Crippen LogP) is 0.719. The van der Waals surface area contributed by atoms with Crippen molar-refractivity contribution in [2.45, 2.75) is 12.8 Å². The lowest BCUT2D eigenvalue weighted by atomic mass is 10.1. The van der Waals surface area contributed by atoms with Crippen LogP contribution in [0, 0.1) is 5.41 Å². The summed E-state index contributed by atoms with van der Waals surface area (Å²) in [5.41, 5.74) is 1.49. The molecule has 1 aromatic carbocycles. The zero-order chi connectivity index (χ0) is 9.68. The summed E-state index contributed by atoms with van der Waals surface area (Å²) in [6.07, 6.45) is 1.54. The first-order valence-corrected chi connectivity index (χ1v) is 4.20. The van der Waals surface area contributed by atoms with E-state index in [2.05, 4.69) is 0 Å². The Balaban J connectivity index is 0.00000169. The van der Waals surface area contributed by atoms with Crippen LogP contribution < -0.4 is 5.11 Å². The Bertz CT molecular complexity index is 285. The van der Waals surface area contributed by atoms with Gasteiger partial charge in [-0.25, -0.2) is 0 Å². The first kappa shape index (κ1) is 12.9. The molecule has 0 aromatic heterocycles. The highest BCUT2D eigenvalue weighted by atomic mass is 35.5. The van der Waals surface area contributed by atoms with Crippen LogP contribution in [0.4, 0.5) is 0 Å². The lowest BCUT2D eigenvalue weighted by Gasteiger charge is -2.07. The zero-order valence-electron chi connectivity index (χ0n) is 7.69. The molecule has 0 fully saturated rings. The van der Waals surface area contributed by atoms with E-state index in [0.29, 0.717) is 5.56 Å². The van der Waals surface area contributed by atoms with E-state index in [1.807, 2.05) is 12.1 Å². The smallest absolute Gasteiger partial charge is 0.0434 e. The maximum absolute atomic E-state index is 10.6. The summed E-state index contributed by atoms with van der Waals surface area (Å²) in [6.45, 7) is 0.180. The molecule has 2 N–H and O–H groups in total. The fourth-order valence-electron chi connectivity index (χ4n) is 1.11. The highest BCUT2D eigenvalue weighted by Crippen LogP contribution is 2.05. The van der Waals surface area contributed by atoms with Crippen LogP contribution in [0.1, 0.15) is 17.5 Å². The molecule has 0 aliphatic heterocycles. The summed E-state index contributed by atoms with van der Waals surface area (Å²) in [6, 6.07) is 6.92. The maximum Gasteiger partial charge on any atom is 0.0434 e. The van der Waals surface area contributed by atoms with Gasteiger partial charge >= 0.3 is 0 Å². The summed E-state index contributed by atoms with van der Waals surface area (Å²) in [5, 5.41) is 26.0. The van der Waals surface area contributed by atoms with E-state index in [1.54, 1.807) is 12.1 Å². The lowest BCUT2D eigenvalue weighted by Crippen LogP contribution is -2.16. The number of hydrogen-bond donors (Lipinski definition) is 2. The number of benzene rings is 1. The van der Waals surface area contributed by atoms with Gasteiger partial charge in [0.15, 0.2) is 0 Å². The number of aliphatic hydroxyl groups is 1. The molecule has 0 saturated carbocycles. The number of hydrogen-bond acceptors (Lipinski definition) is 3. The van der Waals surface area contributed by atoms with Crippen LogP contribution in [-0.2, 0) is 6.42 Å². The van der Waals surface area contributed by atoms with E-state index < -0.39 is 5.90 Å². The molecule has 0 bridgehead atoms. The number of aryl methyl sites for hydroxylation is 1. The quantitative estimate of drug-likeness (QED) is 0.573. The predicted molar refractivity (Wildman–Crippen MR) is 55.9 cm³/mol. The molecule has 4 heteroatoms. The van der Waals surface area contributed by atoms with E-state index in [0.717, 1.165) is 18.4 Å². The van der Waals surface area contributed by atoms with Gasteiger partial charge < -0.3 is 15.6 Å². The third-order valence-corrected chi connectivity index (χ3v) is 1.84. The summed E-state index contributed by atoms with van der Waals surface area (Å²) < 4.78 is 0. The fraction of sp³-hybridized carbons (Fsp3) is 0.300. The number of rotatable bonds is 4. The number of aliphatic hydroxyl groups excluding tert-OH is 1. The van der Waals surface area contributed by atoms with Crippen LogP contribution in [0.2, 0.25) is 0 Å². The van der Waals surface area contributed by atoms with Crippen molar-refractivity contribution in [1.82, 2.24) is 0 Å². The van der Waals surface area contributed by atoms with Crippen molar-refractivity contribution >= 4 is 18.3 Å². The Morgan fingerprint density at radius 3 is 2.29 bits per heavy atom. The molecule has 0 aliphatic rings. The second kappa shape index (κ2) is 6.40. The van der Waals surface area contributed by atoms with E-state index in [1.165, 1.54) is 0 Å². The Morgan fingerprint density at radius 1 is 1.29 bits per heavy atom. The standard InChI is InChI=1S/C10H13NO2.ClH/c11-10(13)9-5-3-8(4-6-9)2-1-7-12;/h3-6,12H,1-2,7H2,(H2,11,13);1H/p-1. The molecule has 78 valence electrons. The van der Waals surface area contributed by atoms with Gasteiger partial charge in [-0.3, -0.25) is 0 Å². The molecule has 0 radical (unpaired) electrons. The van der Waals surface area contributed by atoms with Crippen molar-refractivity contribution < 1.29 is 10.2 Å². The normalized spacial score (nSPS) is 9.21. The number of nitrogens with one attached hydrogen (secondary N) is 1. The largest absolute Gasteiger partial charge is 0.859 e. The van der Waals surface area contributed by atoms with Gasteiger partial charge in [0.1, 0.15) is 0 Å². The zero-order valence-corrected chi connectivity index (χ0v) is 8.51. The number of halogens is 1. The molecule has 0 amide bonds. The van der Waals surface area contributed by atoms with Gasteiger partial charge in [0.2, 0.25) is 0 Å². The van der Waals surface area contributed by atoms with Crippen molar-refractivity contribution in [1.29, 1.82) is 5.41 Å². The molecular formula is C10H13ClNO2-. The van der Waals surface area contributed by atoms with E-state index >= 15 is 0 Å². The topological polar surface area (TPSA) is 67.1 Å². The molecule has 1 aromatic rings. The van der Waals surface area contributed by atoms with E-state index in [-0.39, 0.29) is 19.0 Å². The lowest BCUT2D eigenvalue weighted by molar-refractivity contribution is -0.214. The second-order valence-corrected chi connectivity index (χ2v) is 2.85. The summed E-state index contributed by atoms with van der Waals surface area (Å²) in [4.78, 5) is 0. The Kier molecular flexibility index (Phi) is 5.92. The Hall–Kier alpha value is -1.06. The van der Waals surface area contributed by atoms with Gasteiger partial charge in [-0.05, 0) is 29.9 Å². The summed E-state index contributed by atoms with van der Waals surface area (Å²) in [7, 11) is 0. The minimum absolute atomic E-state index is 0. The van der Waals surface area contributed by atoms with Crippen molar-refractivity contribution in [3.63, 3.8) is 0 Å². The molecule has 0 aliphatic carbocycles. The third-order valence-electron chi connectivity index (χ3n) is 1.84. The van der Waals surface area contributed by atoms with Crippen LogP contribution in [0.5, 0.6) is 0 Å². The average molecular weight is 215 g/mol. The van der Waals surface area contributed by atoms with Crippen LogP contribution in [-0.4, -0.2) is 17.6 Å². The SMILES string of the molecule is Cl.N=C([O-])c1ccc(CCCO)cc1. The minimum Gasteiger partial charge on any atom is -0.859 e. The van der Waals surface area contributed by atoms with Crippen LogP contribution in [0.25, 0.3) is 0 Å². The second-order valence-electron chi connectivity index (χ2n) is 2.85. The molecule has 1 rings (SSSR count). The van der Waals surface area contributed by atoms with Crippen LogP contribution in [0.3, 0.4) is 0 Å². The molecular weight excluding hydrogens is 202 g/mol. The third kappa shape index (κ3) is 3.77. The average Bonchev–Trinajstić information content (AvgIpc) is 2.15. The van der Waals surface area contributed by atoms with Gasteiger partial charge in [0, 0.05) is 6.61 Å². The van der Waals surface area contributed by atoms with Gasteiger partial charge in [0.25, 0.3) is 0 Å². The summed E-state index contributed by atoms with van der Waals surface area (Å²) >= 11 is 0. The highest BCUT2D eigenvalue weighted by molar-refractivity contribution is 5.87. The molecule has 0 spiro atoms. The molecule has 14 heavy (non-hydrogen) atoms. The van der Waals surface area contributed by atoms with Crippen LogP contribution in [0.15, 0.2) is 24.3 Å². The van der Waals surface area contributed by atoms with E-state index in [9.17, 15) is 5.11 Å². The first-order valence-electron chi connectivity index (χ1n) is 4.20. The van der Waals surface area contributed by atoms with Crippen molar-refractivity contribution in [2.24, 2.45) is 0 Å². The molecule has 0 heterocycles. The van der Waals surface area contributed by atoms with Crippen molar-refractivity contribution in [3.05, 3.63) is 35.4 Å². The monoisotopic (exact) mass is 214 g/mol. The minimum atomic E-state index is -0.659. The molecule has 0 atom stereocenters. The Morgan fingerprint density at radius 2 is 1.86 bits per heavy atom. The maximum atomic E-state index is 10.6. The van der Waals surface area contributed by atoms with Crippen molar-refractivity contribution in [3.8, 4) is 0 Å². The Labute approximate surface area is 89.3 Å². The van der Waals surface area contributed by atoms with Gasteiger partial charge in [0.05, 0.1) is 0 Å². The van der Waals surface area contributed by atoms with Crippen LogP contribution >= 0.6 is 12.4 Å². The van der Waals surface area contributed by atoms with E-state index in [4.69, 9.17) is 10.5 Å². The molecule has 0 unspecified atom stereocenters. The van der Waals surface area contributed by atoms with Gasteiger partial charge in [-0.2, -0.15) is 0 Å². The fourth-order valence-corrected chi connectivity index (χ4v) is 1.11. The molecule has 3 nitrogen and oxygen atoms in total. The first-order chi connectivity index (χ1) is 6.24. The molecule has 0 saturated heterocycles. The highest BCUT2D eigenvalue weighted by Gasteiger charge is 1.93. The van der Waals surface area contributed by atoms with Gasteiger partial charge in [-0.15, -0.1) is 12.4 Å².